The Morgan fingerprint density at radius 2 is 1.56 bits per heavy atom. The van der Waals surface area contributed by atoms with E-state index in [2.05, 4.69) is 18.8 Å². The molecule has 0 bridgehead atoms. The highest BCUT2D eigenvalue weighted by Gasteiger charge is 2.31. The predicted octanol–water partition coefficient (Wildman–Crippen LogP) is 3.05. The third-order valence-electron chi connectivity index (χ3n) is 5.98. The van der Waals surface area contributed by atoms with Gasteiger partial charge >= 0.3 is 0 Å². The zero-order chi connectivity index (χ0) is 24.8. The van der Waals surface area contributed by atoms with Crippen LogP contribution in [0.5, 0.6) is 0 Å². The summed E-state index contributed by atoms with van der Waals surface area (Å²) in [6.07, 6.45) is 2.15. The van der Waals surface area contributed by atoms with Crippen LogP contribution >= 0.6 is 11.3 Å². The lowest BCUT2D eigenvalue weighted by molar-refractivity contribution is 0.0998. The van der Waals surface area contributed by atoms with E-state index in [4.69, 9.17) is 0 Å². The topological polar surface area (TPSA) is 106 Å². The molecule has 4 rings (SSSR count). The van der Waals surface area contributed by atoms with E-state index in [0.29, 0.717) is 34.4 Å². The van der Waals surface area contributed by atoms with E-state index in [1.54, 1.807) is 23.7 Å². The van der Waals surface area contributed by atoms with Crippen molar-refractivity contribution in [2.24, 2.45) is 23.9 Å². The second-order valence-corrected chi connectivity index (χ2v) is 14.0. The number of piperidine rings is 1. The van der Waals surface area contributed by atoms with Crippen LogP contribution in [0.1, 0.15) is 30.6 Å². The predicted molar refractivity (Wildman–Crippen MR) is 132 cm³/mol. The maximum Gasteiger partial charge on any atom is 0.279 e. The van der Waals surface area contributed by atoms with Crippen molar-refractivity contribution in [1.82, 2.24) is 8.87 Å². The van der Waals surface area contributed by atoms with Gasteiger partial charge in [0, 0.05) is 32.0 Å². The summed E-state index contributed by atoms with van der Waals surface area (Å²) in [5.74, 6) is 0.0946. The average Bonchev–Trinajstić information content (AvgIpc) is 3.07. The summed E-state index contributed by atoms with van der Waals surface area (Å²) in [4.78, 5) is 17.8. The summed E-state index contributed by atoms with van der Waals surface area (Å²) >= 11 is 1.21. The Hall–Kier alpha value is -2.34. The number of amides is 1. The molecule has 0 saturated carbocycles. The number of sulfonamides is 1. The van der Waals surface area contributed by atoms with Gasteiger partial charge in [-0.3, -0.25) is 4.79 Å². The fourth-order valence-corrected chi connectivity index (χ4v) is 7.78. The SMILES string of the molecule is C[C@H]1C[C@H](C)CN(S(=O)(=O)c2ccc(C(=O)N=c3sc4cc(S(C)(=O)=O)ccc4n3C)cc2)C1. The Morgan fingerprint density at radius 3 is 2.15 bits per heavy atom. The van der Waals surface area contributed by atoms with E-state index >= 15 is 0 Å². The number of nitrogens with zero attached hydrogens (tertiary/aromatic N) is 3. The van der Waals surface area contributed by atoms with Crippen LogP contribution in [0.4, 0.5) is 0 Å². The Bertz CT molecular complexity index is 1520. The number of benzene rings is 2. The molecule has 0 unspecified atom stereocenters. The van der Waals surface area contributed by atoms with Crippen molar-refractivity contribution in [3.8, 4) is 0 Å². The van der Waals surface area contributed by atoms with Crippen LogP contribution in [-0.2, 0) is 26.9 Å². The summed E-state index contributed by atoms with van der Waals surface area (Å²) < 4.78 is 53.7. The van der Waals surface area contributed by atoms with Gasteiger partial charge in [-0.05, 0) is 60.7 Å². The highest BCUT2D eigenvalue weighted by atomic mass is 32.2. The fraction of sp³-hybridized carbons (Fsp3) is 0.391. The molecule has 1 aliphatic heterocycles. The fourth-order valence-electron chi connectivity index (χ4n) is 4.32. The summed E-state index contributed by atoms with van der Waals surface area (Å²) in [6.45, 7) is 5.09. The highest BCUT2D eigenvalue weighted by Crippen LogP contribution is 2.27. The maximum atomic E-state index is 13.1. The van der Waals surface area contributed by atoms with E-state index < -0.39 is 25.8 Å². The van der Waals surface area contributed by atoms with Gasteiger partial charge in [0.2, 0.25) is 10.0 Å². The minimum absolute atomic E-state index is 0.158. The average molecular weight is 522 g/mol. The lowest BCUT2D eigenvalue weighted by atomic mass is 9.94. The Morgan fingerprint density at radius 1 is 0.971 bits per heavy atom. The Labute approximate surface area is 203 Å². The molecule has 0 N–H and O–H groups in total. The van der Waals surface area contributed by atoms with Crippen LogP contribution in [0.2, 0.25) is 0 Å². The first-order valence-electron chi connectivity index (χ1n) is 10.8. The van der Waals surface area contributed by atoms with Crippen molar-refractivity contribution < 1.29 is 21.6 Å². The molecule has 2 heterocycles. The van der Waals surface area contributed by atoms with Gasteiger partial charge in [0.15, 0.2) is 14.6 Å². The van der Waals surface area contributed by atoms with Crippen LogP contribution in [0, 0.1) is 11.8 Å². The normalized spacial score (nSPS) is 20.6. The number of aryl methyl sites for hydroxylation is 1. The number of thiazole rings is 1. The van der Waals surface area contributed by atoms with Crippen molar-refractivity contribution >= 4 is 47.3 Å². The van der Waals surface area contributed by atoms with Gasteiger partial charge in [-0.15, -0.1) is 0 Å². The van der Waals surface area contributed by atoms with Crippen LogP contribution in [0.25, 0.3) is 10.2 Å². The molecular formula is C23H27N3O5S3. The molecule has 1 amide bonds. The molecule has 34 heavy (non-hydrogen) atoms. The molecule has 1 saturated heterocycles. The largest absolute Gasteiger partial charge is 0.319 e. The quantitative estimate of drug-likeness (QED) is 0.525. The molecule has 1 fully saturated rings. The van der Waals surface area contributed by atoms with Gasteiger partial charge in [0.1, 0.15) is 0 Å². The van der Waals surface area contributed by atoms with Gasteiger partial charge in [0.05, 0.1) is 20.0 Å². The molecule has 1 aromatic heterocycles. The highest BCUT2D eigenvalue weighted by molar-refractivity contribution is 7.90. The molecule has 2 atom stereocenters. The first-order chi connectivity index (χ1) is 15.9. The van der Waals surface area contributed by atoms with Crippen molar-refractivity contribution in [2.75, 3.05) is 19.3 Å². The molecule has 0 spiro atoms. The minimum Gasteiger partial charge on any atom is -0.319 e. The number of rotatable bonds is 4. The Balaban J connectivity index is 1.62. The van der Waals surface area contributed by atoms with Gasteiger partial charge in [-0.25, -0.2) is 16.8 Å². The van der Waals surface area contributed by atoms with Crippen molar-refractivity contribution in [1.29, 1.82) is 0 Å². The number of carbonyl (C=O) groups is 1. The molecule has 182 valence electrons. The van der Waals surface area contributed by atoms with Crippen molar-refractivity contribution in [3.05, 3.63) is 52.8 Å². The third-order valence-corrected chi connectivity index (χ3v) is 10.0. The van der Waals surface area contributed by atoms with Crippen LogP contribution < -0.4 is 4.80 Å². The number of carbonyl (C=O) groups excluding carboxylic acids is 1. The summed E-state index contributed by atoms with van der Waals surface area (Å²) in [5.41, 5.74) is 1.03. The van der Waals surface area contributed by atoms with Gasteiger partial charge < -0.3 is 4.57 Å². The number of hydrogen-bond acceptors (Lipinski definition) is 6. The van der Waals surface area contributed by atoms with E-state index in [1.165, 1.54) is 46.0 Å². The van der Waals surface area contributed by atoms with Gasteiger partial charge in [-0.1, -0.05) is 25.2 Å². The molecule has 1 aliphatic rings. The zero-order valence-electron chi connectivity index (χ0n) is 19.4. The summed E-state index contributed by atoms with van der Waals surface area (Å²) in [6, 6.07) is 10.6. The number of hydrogen-bond donors (Lipinski definition) is 0. The van der Waals surface area contributed by atoms with E-state index in [0.717, 1.165) is 18.2 Å². The third kappa shape index (κ3) is 4.88. The van der Waals surface area contributed by atoms with Crippen LogP contribution in [-0.4, -0.2) is 51.0 Å². The second-order valence-electron chi connectivity index (χ2n) is 9.05. The molecule has 8 nitrogen and oxygen atoms in total. The molecular weight excluding hydrogens is 494 g/mol. The first-order valence-corrected chi connectivity index (χ1v) is 15.0. The zero-order valence-corrected chi connectivity index (χ0v) is 21.9. The van der Waals surface area contributed by atoms with Crippen molar-refractivity contribution in [2.45, 2.75) is 30.1 Å². The second kappa shape index (κ2) is 9.03. The van der Waals surface area contributed by atoms with E-state index in [9.17, 15) is 21.6 Å². The number of fused-ring (bicyclic) bond motifs is 1. The Kier molecular flexibility index (Phi) is 6.58. The summed E-state index contributed by atoms with van der Waals surface area (Å²) in [5, 5.41) is 0. The van der Waals surface area contributed by atoms with Crippen LogP contribution in [0.3, 0.4) is 0 Å². The molecule has 3 aromatic rings. The lowest BCUT2D eigenvalue weighted by Crippen LogP contribution is -2.42. The smallest absolute Gasteiger partial charge is 0.279 e. The number of aromatic nitrogens is 1. The molecule has 2 aromatic carbocycles. The van der Waals surface area contributed by atoms with E-state index in [-0.39, 0.29) is 15.4 Å². The first kappa shape index (κ1) is 24.8. The van der Waals surface area contributed by atoms with Gasteiger partial charge in [0.25, 0.3) is 5.91 Å². The summed E-state index contributed by atoms with van der Waals surface area (Å²) in [7, 11) is -5.23. The lowest BCUT2D eigenvalue weighted by Gasteiger charge is -2.34. The van der Waals surface area contributed by atoms with Crippen LogP contribution in [0.15, 0.2) is 57.2 Å². The standard InChI is InChI=1S/C23H27N3O5S3/c1-15-11-16(2)14-26(13-15)34(30,31)18-7-5-17(6-8-18)22(27)24-23-25(3)20-10-9-19(33(4,28)29)12-21(20)32-23/h5-10,12,15-16H,11,13-14H2,1-4H3/t15-,16-/m0/s1. The van der Waals surface area contributed by atoms with Gasteiger partial charge in [-0.2, -0.15) is 9.30 Å². The monoisotopic (exact) mass is 521 g/mol. The van der Waals surface area contributed by atoms with E-state index in [1.807, 2.05) is 0 Å². The molecule has 0 radical (unpaired) electrons. The minimum atomic E-state index is -3.63. The molecule has 0 aliphatic carbocycles. The maximum absolute atomic E-state index is 13.1. The number of sulfone groups is 1. The van der Waals surface area contributed by atoms with Crippen molar-refractivity contribution in [3.63, 3.8) is 0 Å². The molecule has 11 heteroatoms.